The Bertz CT molecular complexity index is 457. The van der Waals surface area contributed by atoms with Crippen molar-refractivity contribution in [3.63, 3.8) is 0 Å². The van der Waals surface area contributed by atoms with Gasteiger partial charge in [-0.1, -0.05) is 11.6 Å². The van der Waals surface area contributed by atoms with Crippen LogP contribution in [-0.2, 0) is 4.84 Å². The minimum absolute atomic E-state index is 0.0947. The molecule has 3 aliphatic rings. The molecule has 4 rings (SSSR count). The van der Waals surface area contributed by atoms with Gasteiger partial charge in [-0.3, -0.25) is 0 Å². The molecule has 2 atom stereocenters. The summed E-state index contributed by atoms with van der Waals surface area (Å²) in [6, 6.07) is 0.189. The number of anilines is 1. The fourth-order valence-electron chi connectivity index (χ4n) is 2.47. The number of piperazine rings is 1. The average Bonchev–Trinajstić information content (AvgIpc) is 2.37. The topological polar surface area (TPSA) is 78.8 Å². The number of hydroxylamine groups is 2. The third kappa shape index (κ3) is 1.95. The van der Waals surface area contributed by atoms with Crippen LogP contribution in [0.4, 0.5) is 10.6 Å². The minimum Gasteiger partial charge on any atom is -0.448 e. The van der Waals surface area contributed by atoms with Gasteiger partial charge in [0, 0.05) is 13.1 Å². The molecule has 2 unspecified atom stereocenters. The summed E-state index contributed by atoms with van der Waals surface area (Å²) < 4.78 is 0. The van der Waals surface area contributed by atoms with Gasteiger partial charge < -0.3 is 14.8 Å². The monoisotopic (exact) mass is 270 g/mol. The van der Waals surface area contributed by atoms with E-state index in [0.717, 1.165) is 12.2 Å². The molecule has 0 amide bonds. The number of hydrogen-bond donors (Lipinski definition) is 1. The lowest BCUT2D eigenvalue weighted by molar-refractivity contribution is -0.236. The van der Waals surface area contributed by atoms with E-state index in [0.29, 0.717) is 18.2 Å². The second-order valence-corrected chi connectivity index (χ2v) is 4.75. The van der Waals surface area contributed by atoms with E-state index in [4.69, 9.17) is 21.5 Å². The van der Waals surface area contributed by atoms with Crippen molar-refractivity contribution in [1.82, 2.24) is 15.0 Å². The number of aromatic nitrogens is 2. The van der Waals surface area contributed by atoms with Crippen molar-refractivity contribution in [1.29, 1.82) is 0 Å². The highest BCUT2D eigenvalue weighted by Gasteiger charge is 2.48. The lowest BCUT2D eigenvalue weighted by Gasteiger charge is -2.53. The molecule has 7 nitrogen and oxygen atoms in total. The van der Waals surface area contributed by atoms with E-state index in [9.17, 15) is 4.79 Å². The molecule has 0 aromatic carbocycles. The van der Waals surface area contributed by atoms with Crippen molar-refractivity contribution in [2.45, 2.75) is 18.5 Å². The molecule has 0 radical (unpaired) electrons. The molecular weight excluding hydrogens is 260 g/mol. The van der Waals surface area contributed by atoms with Crippen molar-refractivity contribution < 1.29 is 14.7 Å². The zero-order chi connectivity index (χ0) is 12.7. The van der Waals surface area contributed by atoms with Crippen LogP contribution in [0.25, 0.3) is 0 Å². The van der Waals surface area contributed by atoms with Crippen LogP contribution in [0, 0.1) is 0 Å². The van der Waals surface area contributed by atoms with Crippen LogP contribution >= 0.6 is 11.6 Å². The van der Waals surface area contributed by atoms with Crippen LogP contribution in [0.5, 0.6) is 0 Å². The van der Waals surface area contributed by atoms with Gasteiger partial charge in [-0.25, -0.2) is 14.8 Å². The molecule has 4 heterocycles. The van der Waals surface area contributed by atoms with E-state index in [-0.39, 0.29) is 12.1 Å². The standard InChI is InChI=1S/C10H11ClN4O3/c11-8-2-13-9(3-12-8)14-4-6-1-7(5-14)15(6)18-10(16)17/h2-3,6-7H,1,4-5H2,(H,16,17). The van der Waals surface area contributed by atoms with Gasteiger partial charge in [0.1, 0.15) is 11.0 Å². The first-order chi connectivity index (χ1) is 8.63. The molecule has 1 aromatic heterocycles. The second-order valence-electron chi connectivity index (χ2n) is 4.36. The van der Waals surface area contributed by atoms with Gasteiger partial charge in [0.25, 0.3) is 0 Å². The molecule has 3 saturated heterocycles. The van der Waals surface area contributed by atoms with Crippen LogP contribution < -0.4 is 4.90 Å². The van der Waals surface area contributed by atoms with E-state index in [1.54, 1.807) is 11.3 Å². The second kappa shape index (κ2) is 4.25. The van der Waals surface area contributed by atoms with Crippen molar-refractivity contribution in [3.8, 4) is 0 Å². The van der Waals surface area contributed by atoms with Gasteiger partial charge in [-0.05, 0) is 6.42 Å². The lowest BCUT2D eigenvalue weighted by atomic mass is 9.90. The average molecular weight is 271 g/mol. The first-order valence-corrected chi connectivity index (χ1v) is 5.93. The van der Waals surface area contributed by atoms with E-state index in [1.165, 1.54) is 6.20 Å². The molecule has 1 N–H and O–H groups in total. The summed E-state index contributed by atoms with van der Waals surface area (Å²) >= 11 is 5.68. The summed E-state index contributed by atoms with van der Waals surface area (Å²) in [5, 5.41) is 10.5. The molecule has 0 saturated carbocycles. The van der Waals surface area contributed by atoms with Crippen LogP contribution in [-0.4, -0.2) is 51.5 Å². The predicted molar refractivity (Wildman–Crippen MR) is 62.4 cm³/mol. The van der Waals surface area contributed by atoms with E-state index in [1.807, 2.05) is 0 Å². The number of nitrogens with zero attached hydrogens (tertiary/aromatic N) is 4. The Morgan fingerprint density at radius 2 is 2.11 bits per heavy atom. The van der Waals surface area contributed by atoms with Crippen molar-refractivity contribution in [3.05, 3.63) is 17.5 Å². The maximum Gasteiger partial charge on any atom is 0.525 e. The number of halogens is 1. The maximum atomic E-state index is 10.5. The number of fused-ring (bicyclic) bond motifs is 2. The summed E-state index contributed by atoms with van der Waals surface area (Å²) in [6.45, 7) is 1.36. The van der Waals surface area contributed by atoms with Gasteiger partial charge in [-0.2, -0.15) is 0 Å². The van der Waals surface area contributed by atoms with Gasteiger partial charge in [0.2, 0.25) is 0 Å². The zero-order valence-corrected chi connectivity index (χ0v) is 10.1. The van der Waals surface area contributed by atoms with Crippen molar-refractivity contribution >= 4 is 23.6 Å². The molecule has 0 aliphatic carbocycles. The molecule has 96 valence electrons. The molecule has 8 heteroatoms. The van der Waals surface area contributed by atoms with E-state index in [2.05, 4.69) is 14.9 Å². The summed E-state index contributed by atoms with van der Waals surface area (Å²) in [7, 11) is 0. The Hall–Kier alpha value is -1.60. The summed E-state index contributed by atoms with van der Waals surface area (Å²) in [5.41, 5.74) is 0. The third-order valence-electron chi connectivity index (χ3n) is 3.24. The van der Waals surface area contributed by atoms with E-state index >= 15 is 0 Å². The van der Waals surface area contributed by atoms with Crippen LogP contribution in [0.2, 0.25) is 5.15 Å². The smallest absolute Gasteiger partial charge is 0.448 e. The largest absolute Gasteiger partial charge is 0.525 e. The SMILES string of the molecule is O=C(O)ON1C2CC1CN(c1cnc(Cl)cn1)C2. The maximum absolute atomic E-state index is 10.5. The number of hydrogen-bond acceptors (Lipinski definition) is 6. The molecular formula is C10H11ClN4O3. The van der Waals surface area contributed by atoms with Gasteiger partial charge >= 0.3 is 6.16 Å². The summed E-state index contributed by atoms with van der Waals surface area (Å²) in [5.74, 6) is 0.754. The normalized spacial score (nSPS) is 26.6. The third-order valence-corrected chi connectivity index (χ3v) is 3.44. The Kier molecular flexibility index (Phi) is 2.71. The predicted octanol–water partition coefficient (Wildman–Crippen LogP) is 1.00. The fraction of sp³-hybridized carbons (Fsp3) is 0.500. The Morgan fingerprint density at radius 1 is 1.39 bits per heavy atom. The molecule has 3 fully saturated rings. The number of carboxylic acid groups (broad SMARTS) is 1. The molecule has 0 spiro atoms. The summed E-state index contributed by atoms with van der Waals surface area (Å²) in [4.78, 5) is 25.5. The Balaban J connectivity index is 1.67. The first-order valence-electron chi connectivity index (χ1n) is 5.55. The fourth-order valence-corrected chi connectivity index (χ4v) is 2.57. The van der Waals surface area contributed by atoms with Crippen LogP contribution in [0.1, 0.15) is 6.42 Å². The van der Waals surface area contributed by atoms with Gasteiger partial charge in [0.15, 0.2) is 0 Å². The quantitative estimate of drug-likeness (QED) is 0.859. The Labute approximate surface area is 108 Å². The number of piperidine rings is 1. The molecule has 1 aromatic rings. The van der Waals surface area contributed by atoms with Gasteiger partial charge in [-0.15, -0.1) is 5.06 Å². The minimum atomic E-state index is -1.26. The molecule has 3 aliphatic heterocycles. The summed E-state index contributed by atoms with van der Waals surface area (Å²) in [6.07, 6.45) is 2.81. The first kappa shape index (κ1) is 11.5. The number of carbonyl (C=O) groups is 1. The number of rotatable bonds is 2. The van der Waals surface area contributed by atoms with E-state index < -0.39 is 6.16 Å². The highest BCUT2D eigenvalue weighted by molar-refractivity contribution is 6.29. The highest BCUT2D eigenvalue weighted by Crippen LogP contribution is 2.34. The van der Waals surface area contributed by atoms with Crippen molar-refractivity contribution in [2.75, 3.05) is 18.0 Å². The van der Waals surface area contributed by atoms with Crippen molar-refractivity contribution in [2.24, 2.45) is 0 Å². The van der Waals surface area contributed by atoms with Gasteiger partial charge in [0.05, 0.1) is 24.5 Å². The molecule has 18 heavy (non-hydrogen) atoms. The Morgan fingerprint density at radius 3 is 2.67 bits per heavy atom. The van der Waals surface area contributed by atoms with Crippen LogP contribution in [0.15, 0.2) is 12.4 Å². The highest BCUT2D eigenvalue weighted by atomic mass is 35.5. The zero-order valence-electron chi connectivity index (χ0n) is 9.36. The van der Waals surface area contributed by atoms with Crippen LogP contribution in [0.3, 0.4) is 0 Å². The molecule has 2 bridgehead atoms. The lowest BCUT2D eigenvalue weighted by Crippen LogP contribution is -2.68.